The zero-order valence-corrected chi connectivity index (χ0v) is 7.99. The van der Waals surface area contributed by atoms with Crippen LogP contribution in [0.5, 0.6) is 0 Å². The van der Waals surface area contributed by atoms with Crippen LogP contribution in [0, 0.1) is 0 Å². The van der Waals surface area contributed by atoms with Gasteiger partial charge in [0.1, 0.15) is 6.29 Å². The van der Waals surface area contributed by atoms with E-state index in [1.54, 1.807) is 14.2 Å². The van der Waals surface area contributed by atoms with Crippen molar-refractivity contribution >= 4 is 6.29 Å². The van der Waals surface area contributed by atoms with Crippen LogP contribution in [0.4, 0.5) is 0 Å². The monoisotopic (exact) mass is 181 g/mol. The van der Waals surface area contributed by atoms with Crippen LogP contribution in [-0.2, 0) is 16.1 Å². The van der Waals surface area contributed by atoms with Crippen molar-refractivity contribution in [3.05, 3.63) is 35.9 Å². The van der Waals surface area contributed by atoms with E-state index >= 15 is 0 Å². The number of aldehydes is 1. The molecule has 0 spiro atoms. The standard InChI is InChI=1S/C8H8O.C2H7NO/c9-7-6-8-4-2-1-3-5-8;1-3-4-2/h1-5,7H,6H2;3H,1-2H3. The number of nitrogens with one attached hydrogen (secondary N) is 1. The Bertz CT molecular complexity index is 209. The van der Waals surface area contributed by atoms with Gasteiger partial charge in [-0.05, 0) is 5.56 Å². The summed E-state index contributed by atoms with van der Waals surface area (Å²) in [6, 6.07) is 9.68. The summed E-state index contributed by atoms with van der Waals surface area (Å²) in [4.78, 5) is 14.3. The normalized spacial score (nSPS) is 8.46. The highest BCUT2D eigenvalue weighted by Gasteiger charge is 1.84. The number of rotatable bonds is 3. The van der Waals surface area contributed by atoms with Gasteiger partial charge in [-0.1, -0.05) is 30.3 Å². The Labute approximate surface area is 78.7 Å². The zero-order chi connectivity index (χ0) is 9.94. The summed E-state index contributed by atoms with van der Waals surface area (Å²) in [7, 11) is 3.28. The Morgan fingerprint density at radius 1 is 1.38 bits per heavy atom. The van der Waals surface area contributed by atoms with Crippen LogP contribution in [0.25, 0.3) is 0 Å². The van der Waals surface area contributed by atoms with E-state index in [4.69, 9.17) is 0 Å². The van der Waals surface area contributed by atoms with Crippen LogP contribution in [0.1, 0.15) is 5.56 Å². The molecule has 0 atom stereocenters. The summed E-state index contributed by atoms with van der Waals surface area (Å²) in [5.41, 5.74) is 3.51. The molecule has 3 heteroatoms. The third kappa shape index (κ3) is 7.18. The van der Waals surface area contributed by atoms with E-state index in [9.17, 15) is 4.79 Å². The lowest BCUT2D eigenvalue weighted by atomic mass is 10.2. The van der Waals surface area contributed by atoms with Crippen molar-refractivity contribution in [3.63, 3.8) is 0 Å². The Morgan fingerprint density at radius 3 is 2.31 bits per heavy atom. The highest BCUT2D eigenvalue weighted by atomic mass is 16.6. The topological polar surface area (TPSA) is 38.3 Å². The second-order valence-corrected chi connectivity index (χ2v) is 2.26. The zero-order valence-electron chi connectivity index (χ0n) is 7.99. The third-order valence-electron chi connectivity index (χ3n) is 1.37. The summed E-state index contributed by atoms with van der Waals surface area (Å²) in [6.45, 7) is 0. The molecule has 0 saturated heterocycles. The number of hydrogen-bond donors (Lipinski definition) is 1. The van der Waals surface area contributed by atoms with Crippen molar-refractivity contribution in [1.29, 1.82) is 0 Å². The number of hydrogen-bond acceptors (Lipinski definition) is 3. The maximum Gasteiger partial charge on any atom is 0.124 e. The quantitative estimate of drug-likeness (QED) is 0.562. The van der Waals surface area contributed by atoms with Crippen LogP contribution >= 0.6 is 0 Å². The Hall–Kier alpha value is -1.19. The molecule has 1 aromatic rings. The van der Waals surface area contributed by atoms with Crippen molar-refractivity contribution in [3.8, 4) is 0 Å². The second-order valence-electron chi connectivity index (χ2n) is 2.26. The molecule has 0 aliphatic rings. The minimum atomic E-state index is 0.529. The first-order valence-electron chi connectivity index (χ1n) is 4.02. The van der Waals surface area contributed by atoms with Gasteiger partial charge in [0.05, 0.1) is 7.11 Å². The van der Waals surface area contributed by atoms with Crippen molar-refractivity contribution in [2.24, 2.45) is 0 Å². The molecule has 0 amide bonds. The third-order valence-corrected chi connectivity index (χ3v) is 1.37. The lowest BCUT2D eigenvalue weighted by molar-refractivity contribution is -0.107. The average Bonchev–Trinajstić information content (AvgIpc) is 2.20. The Balaban J connectivity index is 0.000000310. The molecule has 0 aromatic heterocycles. The number of carbonyl (C=O) groups is 1. The lowest BCUT2D eigenvalue weighted by Crippen LogP contribution is -2.00. The number of hydroxylamine groups is 1. The van der Waals surface area contributed by atoms with Gasteiger partial charge in [-0.25, -0.2) is 5.48 Å². The largest absolute Gasteiger partial charge is 0.305 e. The van der Waals surface area contributed by atoms with E-state index in [-0.39, 0.29) is 0 Å². The van der Waals surface area contributed by atoms with Crippen molar-refractivity contribution in [2.45, 2.75) is 6.42 Å². The van der Waals surface area contributed by atoms with E-state index in [2.05, 4.69) is 10.3 Å². The minimum absolute atomic E-state index is 0.529. The molecule has 1 N–H and O–H groups in total. The summed E-state index contributed by atoms with van der Waals surface area (Å²) in [5.74, 6) is 0. The first-order chi connectivity index (χ1) is 6.35. The molecular formula is C10H15NO2. The maximum atomic E-state index is 9.97. The Morgan fingerprint density at radius 2 is 1.92 bits per heavy atom. The van der Waals surface area contributed by atoms with Gasteiger partial charge in [-0.15, -0.1) is 0 Å². The van der Waals surface area contributed by atoms with Gasteiger partial charge >= 0.3 is 0 Å². The van der Waals surface area contributed by atoms with Crippen molar-refractivity contribution in [2.75, 3.05) is 14.2 Å². The molecule has 1 aromatic carbocycles. The highest BCUT2D eigenvalue weighted by molar-refractivity contribution is 5.54. The number of carbonyl (C=O) groups excluding carboxylic acids is 1. The maximum absolute atomic E-state index is 9.97. The summed E-state index contributed by atoms with van der Waals surface area (Å²) in [5, 5.41) is 0. The van der Waals surface area contributed by atoms with E-state index < -0.39 is 0 Å². The Kier molecular flexibility index (Phi) is 8.09. The van der Waals surface area contributed by atoms with Gasteiger partial charge < -0.3 is 9.63 Å². The van der Waals surface area contributed by atoms with Crippen LogP contribution in [0.15, 0.2) is 30.3 Å². The molecule has 0 radical (unpaired) electrons. The molecule has 0 fully saturated rings. The predicted octanol–water partition coefficient (Wildman–Crippen LogP) is 1.20. The minimum Gasteiger partial charge on any atom is -0.305 e. The van der Waals surface area contributed by atoms with E-state index in [0.29, 0.717) is 6.42 Å². The lowest BCUT2D eigenvalue weighted by Gasteiger charge is -1.89. The fourth-order valence-electron chi connectivity index (χ4n) is 0.710. The predicted molar refractivity (Wildman–Crippen MR) is 52.3 cm³/mol. The van der Waals surface area contributed by atoms with Gasteiger partial charge in [0.25, 0.3) is 0 Å². The first-order valence-corrected chi connectivity index (χ1v) is 4.02. The van der Waals surface area contributed by atoms with E-state index in [0.717, 1.165) is 11.8 Å². The SMILES string of the molecule is CNOC.O=CCc1ccccc1. The molecule has 0 saturated carbocycles. The van der Waals surface area contributed by atoms with Gasteiger partial charge in [0, 0.05) is 13.5 Å². The van der Waals surface area contributed by atoms with Crippen molar-refractivity contribution in [1.82, 2.24) is 5.48 Å². The molecule has 0 bridgehead atoms. The van der Waals surface area contributed by atoms with Gasteiger partial charge in [0.15, 0.2) is 0 Å². The molecule has 0 heterocycles. The fourth-order valence-corrected chi connectivity index (χ4v) is 0.710. The molecule has 13 heavy (non-hydrogen) atoms. The van der Waals surface area contributed by atoms with Crippen molar-refractivity contribution < 1.29 is 9.63 Å². The molecule has 72 valence electrons. The molecule has 1 rings (SSSR count). The summed E-state index contributed by atoms with van der Waals surface area (Å²) in [6.07, 6.45) is 1.44. The molecule has 0 unspecified atom stereocenters. The summed E-state index contributed by atoms with van der Waals surface area (Å²) >= 11 is 0. The molecular weight excluding hydrogens is 166 g/mol. The van der Waals surface area contributed by atoms with Crippen LogP contribution in [0.2, 0.25) is 0 Å². The van der Waals surface area contributed by atoms with Crippen LogP contribution in [-0.4, -0.2) is 20.4 Å². The fraction of sp³-hybridized carbons (Fsp3) is 0.300. The molecule has 0 aliphatic carbocycles. The smallest absolute Gasteiger partial charge is 0.124 e. The highest BCUT2D eigenvalue weighted by Crippen LogP contribution is 1.96. The molecule has 3 nitrogen and oxygen atoms in total. The van der Waals surface area contributed by atoms with E-state index in [1.807, 2.05) is 30.3 Å². The van der Waals surface area contributed by atoms with Crippen LogP contribution in [0.3, 0.4) is 0 Å². The van der Waals surface area contributed by atoms with Crippen LogP contribution < -0.4 is 5.48 Å². The molecule has 0 aliphatic heterocycles. The first kappa shape index (κ1) is 11.8. The summed E-state index contributed by atoms with van der Waals surface area (Å²) < 4.78 is 0. The number of benzene rings is 1. The van der Waals surface area contributed by atoms with Gasteiger partial charge in [-0.3, -0.25) is 0 Å². The second kappa shape index (κ2) is 8.90. The average molecular weight is 181 g/mol. The van der Waals surface area contributed by atoms with E-state index in [1.165, 1.54) is 0 Å². The van der Waals surface area contributed by atoms with Gasteiger partial charge in [0.2, 0.25) is 0 Å². The van der Waals surface area contributed by atoms with Gasteiger partial charge in [-0.2, -0.15) is 0 Å².